The number of rotatable bonds is 4. The van der Waals surface area contributed by atoms with Crippen LogP contribution in [0, 0.1) is 5.92 Å². The molecule has 2 rings (SSSR count). The van der Waals surface area contributed by atoms with Gasteiger partial charge in [0.05, 0.1) is 11.2 Å². The average molecular weight is 230 g/mol. The molecule has 3 heteroatoms. The molecule has 90 valence electrons. The van der Waals surface area contributed by atoms with E-state index in [2.05, 4.69) is 24.2 Å². The number of aryl methyl sites for hydroxylation is 1. The van der Waals surface area contributed by atoms with Crippen molar-refractivity contribution in [1.82, 2.24) is 9.78 Å². The molecule has 1 aromatic carbocycles. The van der Waals surface area contributed by atoms with E-state index in [0.717, 1.165) is 17.6 Å². The summed E-state index contributed by atoms with van der Waals surface area (Å²) < 4.78 is 1.91. The van der Waals surface area contributed by atoms with E-state index in [1.54, 1.807) is 6.92 Å². The number of para-hydroxylation sites is 1. The number of ketones is 1. The molecule has 1 atom stereocenters. The quantitative estimate of drug-likeness (QED) is 0.809. The summed E-state index contributed by atoms with van der Waals surface area (Å²) in [4.78, 5) is 11.1. The third kappa shape index (κ3) is 2.54. The lowest BCUT2D eigenvalue weighted by Crippen LogP contribution is -2.06. The van der Waals surface area contributed by atoms with Crippen molar-refractivity contribution in [1.29, 1.82) is 0 Å². The minimum atomic E-state index is 0.248. The van der Waals surface area contributed by atoms with Crippen LogP contribution in [0.4, 0.5) is 0 Å². The fourth-order valence-electron chi connectivity index (χ4n) is 2.33. The maximum absolute atomic E-state index is 11.1. The highest BCUT2D eigenvalue weighted by atomic mass is 16.1. The first kappa shape index (κ1) is 11.8. The Morgan fingerprint density at radius 2 is 2.12 bits per heavy atom. The number of Topliss-reactive ketones (excluding diaryl/α,β-unsaturated/α-hetero) is 1. The van der Waals surface area contributed by atoms with Crippen LogP contribution in [0.3, 0.4) is 0 Å². The van der Waals surface area contributed by atoms with Crippen molar-refractivity contribution in [3.63, 3.8) is 0 Å². The van der Waals surface area contributed by atoms with Crippen molar-refractivity contribution in [2.45, 2.75) is 26.7 Å². The smallest absolute Gasteiger partial charge is 0.130 e. The molecule has 17 heavy (non-hydrogen) atoms. The van der Waals surface area contributed by atoms with E-state index in [-0.39, 0.29) is 5.78 Å². The van der Waals surface area contributed by atoms with Gasteiger partial charge in [-0.15, -0.1) is 0 Å². The van der Waals surface area contributed by atoms with Crippen molar-refractivity contribution in [2.75, 3.05) is 0 Å². The van der Waals surface area contributed by atoms with Crippen LogP contribution in [-0.2, 0) is 18.3 Å². The highest BCUT2D eigenvalue weighted by Gasteiger charge is 2.12. The Morgan fingerprint density at radius 1 is 1.41 bits per heavy atom. The van der Waals surface area contributed by atoms with E-state index < -0.39 is 0 Å². The van der Waals surface area contributed by atoms with Gasteiger partial charge in [0.1, 0.15) is 5.78 Å². The molecule has 2 aromatic rings. The molecule has 0 aliphatic heterocycles. The lowest BCUT2D eigenvalue weighted by Gasteiger charge is -2.06. The summed E-state index contributed by atoms with van der Waals surface area (Å²) in [6.07, 6.45) is 1.49. The molecule has 3 nitrogen and oxygen atoms in total. The molecule has 0 saturated carbocycles. The van der Waals surface area contributed by atoms with Gasteiger partial charge in [-0.25, -0.2) is 0 Å². The van der Waals surface area contributed by atoms with Crippen molar-refractivity contribution < 1.29 is 4.79 Å². The van der Waals surface area contributed by atoms with Crippen LogP contribution in [-0.4, -0.2) is 15.6 Å². The molecule has 0 amide bonds. The highest BCUT2D eigenvalue weighted by Crippen LogP contribution is 2.21. The lowest BCUT2D eigenvalue weighted by atomic mass is 9.98. The number of carbonyl (C=O) groups is 1. The van der Waals surface area contributed by atoms with E-state index in [4.69, 9.17) is 0 Å². The minimum absolute atomic E-state index is 0.248. The van der Waals surface area contributed by atoms with Crippen LogP contribution in [0.25, 0.3) is 10.9 Å². The number of benzene rings is 1. The zero-order chi connectivity index (χ0) is 12.4. The summed E-state index contributed by atoms with van der Waals surface area (Å²) in [6, 6.07) is 8.22. The number of nitrogens with zero attached hydrogens (tertiary/aromatic N) is 2. The Morgan fingerprint density at radius 3 is 2.82 bits per heavy atom. The third-order valence-corrected chi connectivity index (χ3v) is 3.01. The summed E-state index contributed by atoms with van der Waals surface area (Å²) in [7, 11) is 1.96. The summed E-state index contributed by atoms with van der Waals surface area (Å²) in [6.45, 7) is 3.75. The number of hydrogen-bond donors (Lipinski definition) is 0. The van der Waals surface area contributed by atoms with E-state index >= 15 is 0 Å². The largest absolute Gasteiger partial charge is 0.300 e. The van der Waals surface area contributed by atoms with Crippen LogP contribution >= 0.6 is 0 Å². The van der Waals surface area contributed by atoms with Gasteiger partial charge in [-0.05, 0) is 25.3 Å². The van der Waals surface area contributed by atoms with Crippen molar-refractivity contribution >= 4 is 16.7 Å². The van der Waals surface area contributed by atoms with Gasteiger partial charge in [-0.1, -0.05) is 25.1 Å². The SMILES string of the molecule is CC(=O)CC(C)Cc1nn(C)c2ccccc12. The predicted molar refractivity (Wildman–Crippen MR) is 68.9 cm³/mol. The highest BCUT2D eigenvalue weighted by molar-refractivity contribution is 5.82. The third-order valence-electron chi connectivity index (χ3n) is 3.01. The van der Waals surface area contributed by atoms with Gasteiger partial charge in [0, 0.05) is 18.9 Å². The first-order valence-electron chi connectivity index (χ1n) is 5.98. The molecule has 1 aromatic heterocycles. The number of hydrogen-bond acceptors (Lipinski definition) is 2. The fraction of sp³-hybridized carbons (Fsp3) is 0.429. The molecular formula is C14H18N2O. The van der Waals surface area contributed by atoms with Crippen LogP contribution in [0.15, 0.2) is 24.3 Å². The molecule has 0 radical (unpaired) electrons. The monoisotopic (exact) mass is 230 g/mol. The second kappa shape index (κ2) is 4.70. The number of carbonyl (C=O) groups excluding carboxylic acids is 1. The van der Waals surface area contributed by atoms with Gasteiger partial charge in [0.2, 0.25) is 0 Å². The first-order chi connectivity index (χ1) is 8.08. The molecule has 0 bridgehead atoms. The summed E-state index contributed by atoms with van der Waals surface area (Å²) in [5, 5.41) is 5.74. The molecule has 0 aliphatic rings. The molecule has 0 N–H and O–H groups in total. The van der Waals surface area contributed by atoms with Crippen molar-refractivity contribution in [3.8, 4) is 0 Å². The molecule has 0 fully saturated rings. The second-order valence-corrected chi connectivity index (χ2v) is 4.80. The zero-order valence-electron chi connectivity index (χ0n) is 10.6. The summed E-state index contributed by atoms with van der Waals surface area (Å²) >= 11 is 0. The molecule has 1 heterocycles. The number of fused-ring (bicyclic) bond motifs is 1. The Labute approximate surface area is 101 Å². The molecule has 0 spiro atoms. The van der Waals surface area contributed by atoms with E-state index in [0.29, 0.717) is 12.3 Å². The second-order valence-electron chi connectivity index (χ2n) is 4.80. The van der Waals surface area contributed by atoms with Crippen molar-refractivity contribution in [2.24, 2.45) is 13.0 Å². The van der Waals surface area contributed by atoms with E-state index in [9.17, 15) is 4.79 Å². The number of aromatic nitrogens is 2. The molecular weight excluding hydrogens is 212 g/mol. The topological polar surface area (TPSA) is 34.9 Å². The van der Waals surface area contributed by atoms with E-state index in [1.165, 1.54) is 5.39 Å². The Hall–Kier alpha value is -1.64. The molecule has 1 unspecified atom stereocenters. The Bertz CT molecular complexity index is 542. The van der Waals surface area contributed by atoms with Crippen LogP contribution in [0.1, 0.15) is 26.0 Å². The Balaban J connectivity index is 2.27. The van der Waals surface area contributed by atoms with Gasteiger partial charge in [0.25, 0.3) is 0 Å². The average Bonchev–Trinajstić information content (AvgIpc) is 2.55. The fourth-order valence-corrected chi connectivity index (χ4v) is 2.33. The molecule has 0 saturated heterocycles. The lowest BCUT2D eigenvalue weighted by molar-refractivity contribution is -0.117. The van der Waals surface area contributed by atoms with E-state index in [1.807, 2.05) is 23.9 Å². The standard InChI is InChI=1S/C14H18N2O/c1-10(8-11(2)17)9-13-12-6-4-5-7-14(12)16(3)15-13/h4-7,10H,8-9H2,1-3H3. The summed E-state index contributed by atoms with van der Waals surface area (Å²) in [5.41, 5.74) is 2.24. The zero-order valence-corrected chi connectivity index (χ0v) is 10.6. The Kier molecular flexibility index (Phi) is 3.27. The predicted octanol–water partition coefficient (Wildman–Crippen LogP) is 2.73. The minimum Gasteiger partial charge on any atom is -0.300 e. The van der Waals surface area contributed by atoms with Crippen LogP contribution in [0.2, 0.25) is 0 Å². The summed E-state index contributed by atoms with van der Waals surface area (Å²) in [5.74, 6) is 0.601. The van der Waals surface area contributed by atoms with Gasteiger partial charge in [0.15, 0.2) is 0 Å². The van der Waals surface area contributed by atoms with Gasteiger partial charge >= 0.3 is 0 Å². The van der Waals surface area contributed by atoms with Crippen LogP contribution < -0.4 is 0 Å². The van der Waals surface area contributed by atoms with Crippen molar-refractivity contribution in [3.05, 3.63) is 30.0 Å². The van der Waals surface area contributed by atoms with Crippen LogP contribution in [0.5, 0.6) is 0 Å². The normalized spacial score (nSPS) is 12.9. The first-order valence-corrected chi connectivity index (χ1v) is 5.98. The maximum Gasteiger partial charge on any atom is 0.130 e. The maximum atomic E-state index is 11.1. The van der Waals surface area contributed by atoms with Gasteiger partial charge < -0.3 is 4.79 Å². The molecule has 0 aliphatic carbocycles. The van der Waals surface area contributed by atoms with Gasteiger partial charge in [-0.2, -0.15) is 5.10 Å². The van der Waals surface area contributed by atoms with Gasteiger partial charge in [-0.3, -0.25) is 4.68 Å².